The number of rotatable bonds is 8. The largest absolute Gasteiger partial charge is 0.348 e. The van der Waals surface area contributed by atoms with Crippen LogP contribution in [-0.2, 0) is 17.8 Å². The summed E-state index contributed by atoms with van der Waals surface area (Å²) in [5, 5.41) is 14.7. The Labute approximate surface area is 176 Å². The number of aromatic nitrogens is 3. The number of anilines is 1. The van der Waals surface area contributed by atoms with Gasteiger partial charge in [0, 0.05) is 11.9 Å². The van der Waals surface area contributed by atoms with E-state index in [1.165, 1.54) is 23.0 Å². The first kappa shape index (κ1) is 21.1. The van der Waals surface area contributed by atoms with Crippen LogP contribution in [0.4, 0.5) is 5.82 Å². The van der Waals surface area contributed by atoms with Crippen LogP contribution < -0.4 is 10.6 Å². The highest BCUT2D eigenvalue weighted by molar-refractivity contribution is 7.13. The summed E-state index contributed by atoms with van der Waals surface area (Å²) in [5.74, 6) is -0.881. The monoisotopic (exact) mass is 424 g/mol. The number of benzene rings is 1. The Morgan fingerprint density at radius 1 is 1.23 bits per heavy atom. The quantitative estimate of drug-likeness (QED) is 0.535. The van der Waals surface area contributed by atoms with Crippen molar-refractivity contribution >= 4 is 45.0 Å². The average molecular weight is 424 g/mol. The molecular formula is C20H20N6O3S. The smallest absolute Gasteiger partial charge is 0.287 e. The summed E-state index contributed by atoms with van der Waals surface area (Å²) < 4.78 is 6.63. The molecule has 1 aromatic carbocycles. The van der Waals surface area contributed by atoms with Gasteiger partial charge >= 0.3 is 0 Å². The van der Waals surface area contributed by atoms with Gasteiger partial charge in [-0.25, -0.2) is 4.98 Å². The molecule has 0 unspecified atom stereocenters. The maximum Gasteiger partial charge on any atom is 0.287 e. The van der Waals surface area contributed by atoms with E-state index < -0.39 is 11.8 Å². The van der Waals surface area contributed by atoms with Crippen LogP contribution in [0.5, 0.6) is 0 Å². The van der Waals surface area contributed by atoms with E-state index in [4.69, 9.17) is 5.26 Å². The van der Waals surface area contributed by atoms with Crippen molar-refractivity contribution in [3.8, 4) is 6.07 Å². The number of Topliss-reactive ketones (excluding diaryl/α,β-unsaturated/α-hetero) is 1. The highest BCUT2D eigenvalue weighted by Crippen LogP contribution is 2.24. The minimum atomic E-state index is -0.513. The van der Waals surface area contributed by atoms with Crippen LogP contribution in [-0.4, -0.2) is 38.1 Å². The molecule has 0 radical (unpaired) electrons. The average Bonchev–Trinajstić information content (AvgIpc) is 3.29. The Hall–Kier alpha value is -3.58. The van der Waals surface area contributed by atoms with E-state index in [0.717, 1.165) is 10.1 Å². The van der Waals surface area contributed by atoms with E-state index in [2.05, 4.69) is 20.0 Å². The number of imidazole rings is 1. The minimum Gasteiger partial charge on any atom is -0.348 e. The first-order chi connectivity index (χ1) is 14.5. The number of hydrogen-bond donors (Lipinski definition) is 2. The van der Waals surface area contributed by atoms with Gasteiger partial charge in [-0.2, -0.15) is 9.64 Å². The number of nitrogens with zero attached hydrogens (tertiary/aromatic N) is 4. The second kappa shape index (κ2) is 9.28. The Balaban J connectivity index is 1.95. The summed E-state index contributed by atoms with van der Waals surface area (Å²) in [6, 6.07) is 9.35. The summed E-state index contributed by atoms with van der Waals surface area (Å²) in [6.45, 7) is 3.37. The molecule has 2 aromatic heterocycles. The van der Waals surface area contributed by atoms with Crippen molar-refractivity contribution in [3.05, 3.63) is 41.5 Å². The number of amides is 2. The third-order valence-electron chi connectivity index (χ3n) is 4.34. The molecule has 0 bridgehead atoms. The fourth-order valence-electron chi connectivity index (χ4n) is 3.04. The molecule has 0 aliphatic heterocycles. The van der Waals surface area contributed by atoms with Gasteiger partial charge in [-0.15, -0.1) is 0 Å². The normalized spacial score (nSPS) is 10.6. The predicted molar refractivity (Wildman–Crippen MR) is 112 cm³/mol. The number of hydrogen-bond acceptors (Lipinski definition) is 7. The summed E-state index contributed by atoms with van der Waals surface area (Å²) in [4.78, 5) is 41.5. The molecule has 0 fully saturated rings. The van der Waals surface area contributed by atoms with Gasteiger partial charge in [-0.1, -0.05) is 25.1 Å². The van der Waals surface area contributed by atoms with Gasteiger partial charge < -0.3 is 15.2 Å². The molecule has 154 valence electrons. The zero-order valence-corrected chi connectivity index (χ0v) is 17.4. The van der Waals surface area contributed by atoms with Crippen molar-refractivity contribution in [2.24, 2.45) is 0 Å². The maximum atomic E-state index is 12.9. The molecule has 2 amide bonds. The van der Waals surface area contributed by atoms with Gasteiger partial charge in [0.15, 0.2) is 5.82 Å². The van der Waals surface area contributed by atoms with E-state index in [1.54, 1.807) is 0 Å². The molecule has 0 spiro atoms. The predicted octanol–water partition coefficient (Wildman–Crippen LogP) is 2.54. The number of nitriles is 1. The summed E-state index contributed by atoms with van der Waals surface area (Å²) in [5.41, 5.74) is 0.835. The third kappa shape index (κ3) is 4.36. The Kier molecular flexibility index (Phi) is 6.54. The highest BCUT2D eigenvalue weighted by atomic mass is 32.1. The Bertz CT molecular complexity index is 1160. The first-order valence-electron chi connectivity index (χ1n) is 9.36. The van der Waals surface area contributed by atoms with Crippen molar-refractivity contribution < 1.29 is 14.4 Å². The van der Waals surface area contributed by atoms with Crippen LogP contribution in [0.2, 0.25) is 0 Å². The number of fused-ring (bicyclic) bond motifs is 1. The first-order valence-corrected chi connectivity index (χ1v) is 10.1. The lowest BCUT2D eigenvalue weighted by atomic mass is 10.2. The fourth-order valence-corrected chi connectivity index (χ4v) is 3.81. The zero-order valence-electron chi connectivity index (χ0n) is 16.6. The van der Waals surface area contributed by atoms with Crippen molar-refractivity contribution in [3.63, 3.8) is 0 Å². The third-order valence-corrected chi connectivity index (χ3v) is 5.16. The molecule has 2 N–H and O–H groups in total. The lowest BCUT2D eigenvalue weighted by molar-refractivity contribution is -0.117. The van der Waals surface area contributed by atoms with Crippen LogP contribution in [0.25, 0.3) is 10.1 Å². The number of ketones is 1. The van der Waals surface area contributed by atoms with Crippen LogP contribution >= 0.6 is 11.5 Å². The summed E-state index contributed by atoms with van der Waals surface area (Å²) in [6.07, 6.45) is 0.597. The molecule has 0 saturated carbocycles. The van der Waals surface area contributed by atoms with Gasteiger partial charge in [0.2, 0.25) is 5.82 Å². The highest BCUT2D eigenvalue weighted by Gasteiger charge is 2.24. The maximum absolute atomic E-state index is 12.9. The van der Waals surface area contributed by atoms with E-state index in [0.29, 0.717) is 12.1 Å². The molecule has 0 saturated heterocycles. The van der Waals surface area contributed by atoms with Gasteiger partial charge in [-0.3, -0.25) is 14.4 Å². The minimum absolute atomic E-state index is 0.0124. The topological polar surface area (TPSA) is 130 Å². The van der Waals surface area contributed by atoms with Gasteiger partial charge in [0.1, 0.15) is 11.5 Å². The van der Waals surface area contributed by atoms with E-state index in [1.807, 2.05) is 37.3 Å². The van der Waals surface area contributed by atoms with E-state index in [9.17, 15) is 14.4 Å². The number of nitrogens with one attached hydrogen (secondary N) is 2. The summed E-state index contributed by atoms with van der Waals surface area (Å²) in [7, 11) is 0. The molecule has 0 atom stereocenters. The van der Waals surface area contributed by atoms with Crippen LogP contribution in [0.15, 0.2) is 24.3 Å². The molecule has 9 nitrogen and oxygen atoms in total. The lowest BCUT2D eigenvalue weighted by Crippen LogP contribution is -2.28. The zero-order chi connectivity index (χ0) is 21.7. The van der Waals surface area contributed by atoms with Gasteiger partial charge in [0.05, 0.1) is 29.4 Å². The second-order valence-electron chi connectivity index (χ2n) is 6.52. The van der Waals surface area contributed by atoms with E-state index in [-0.39, 0.29) is 42.6 Å². The van der Waals surface area contributed by atoms with Gasteiger partial charge in [0.25, 0.3) is 11.8 Å². The standard InChI is InChI=1S/C20H20N6O3S/c1-3-14-17(24-19(28)16-13-7-4-5-8-15(13)30-25-16)23-18(26(14)11-12(2)27)20(29)22-10-6-9-21/h4-5,7-8H,3,6,10-11H2,1-2H3,(H,22,29)(H,24,28). The number of carbonyl (C=O) groups excluding carboxylic acids is 3. The Morgan fingerprint density at radius 2 is 2.00 bits per heavy atom. The molecule has 3 aromatic rings. The molecule has 2 heterocycles. The number of carbonyl (C=O) groups is 3. The van der Waals surface area contributed by atoms with Crippen LogP contribution in [0.3, 0.4) is 0 Å². The van der Waals surface area contributed by atoms with Crippen molar-refractivity contribution in [2.75, 3.05) is 11.9 Å². The second-order valence-corrected chi connectivity index (χ2v) is 7.32. The van der Waals surface area contributed by atoms with Crippen LogP contribution in [0.1, 0.15) is 47.1 Å². The lowest BCUT2D eigenvalue weighted by Gasteiger charge is -2.09. The molecular weight excluding hydrogens is 404 g/mol. The van der Waals surface area contributed by atoms with Crippen LogP contribution in [0, 0.1) is 11.3 Å². The summed E-state index contributed by atoms with van der Waals surface area (Å²) >= 11 is 1.22. The molecule has 0 aliphatic carbocycles. The van der Waals surface area contributed by atoms with Crippen molar-refractivity contribution in [1.29, 1.82) is 5.26 Å². The van der Waals surface area contributed by atoms with Crippen molar-refractivity contribution in [1.82, 2.24) is 19.2 Å². The molecule has 10 heteroatoms. The Morgan fingerprint density at radius 3 is 2.70 bits per heavy atom. The SMILES string of the molecule is CCc1c(NC(=O)c2nsc3ccccc23)nc(C(=O)NCCC#N)n1CC(C)=O. The van der Waals surface area contributed by atoms with Crippen molar-refractivity contribution in [2.45, 2.75) is 33.2 Å². The molecule has 30 heavy (non-hydrogen) atoms. The fraction of sp³-hybridized carbons (Fsp3) is 0.300. The molecule has 0 aliphatic rings. The molecule has 3 rings (SSSR count). The van der Waals surface area contributed by atoms with E-state index >= 15 is 0 Å². The van der Waals surface area contributed by atoms with Gasteiger partial charge in [-0.05, 0) is 30.9 Å².